The Hall–Kier alpha value is -2.18. The summed E-state index contributed by atoms with van der Waals surface area (Å²) in [7, 11) is 0. The predicted molar refractivity (Wildman–Crippen MR) is 109 cm³/mol. The van der Waals surface area contributed by atoms with E-state index in [0.717, 1.165) is 56.0 Å². The van der Waals surface area contributed by atoms with E-state index in [-0.39, 0.29) is 11.9 Å². The molecule has 1 aromatic carbocycles. The summed E-state index contributed by atoms with van der Waals surface area (Å²) < 4.78 is 1.87. The number of anilines is 1. The second-order valence-electron chi connectivity index (χ2n) is 8.04. The van der Waals surface area contributed by atoms with Gasteiger partial charge in [-0.05, 0) is 49.9 Å². The maximum atomic E-state index is 12.8. The van der Waals surface area contributed by atoms with Gasteiger partial charge in [0.2, 0.25) is 0 Å². The first-order chi connectivity index (χ1) is 12.9. The van der Waals surface area contributed by atoms with Gasteiger partial charge in [-0.3, -0.25) is 9.69 Å². The number of carbonyl (C=O) groups excluding carboxylic acids is 1. The molecule has 0 spiro atoms. The summed E-state index contributed by atoms with van der Waals surface area (Å²) in [5.74, 6) is 1.14. The van der Waals surface area contributed by atoms with Crippen molar-refractivity contribution in [2.24, 2.45) is 11.7 Å². The van der Waals surface area contributed by atoms with Crippen molar-refractivity contribution in [3.05, 3.63) is 47.2 Å². The van der Waals surface area contributed by atoms with Crippen LogP contribution in [-0.4, -0.2) is 39.7 Å². The fraction of sp³-hybridized carbons (Fsp3) is 0.524. The summed E-state index contributed by atoms with van der Waals surface area (Å²) in [6, 6.07) is 8.12. The number of amides is 1. The highest BCUT2D eigenvalue weighted by molar-refractivity contribution is 6.04. The van der Waals surface area contributed by atoms with Gasteiger partial charge in [0.25, 0.3) is 5.91 Å². The fourth-order valence-electron chi connectivity index (χ4n) is 3.61. The van der Waals surface area contributed by atoms with Gasteiger partial charge in [-0.15, -0.1) is 0 Å². The molecule has 3 N–H and O–H groups in total. The standard InChI is InChI=1S/C21H31N5O/c1-15(2)12-26-20(16(3)11-23-26)24-21(27)18-7-4-6-17(10-18)13-25-9-5-8-19(22)14-25/h4,6-7,10-11,15,19H,5,8-9,12-14,22H2,1-3H3,(H,24,27)/t19-/m0/s1. The summed E-state index contributed by atoms with van der Waals surface area (Å²) in [4.78, 5) is 15.2. The number of piperidine rings is 1. The molecule has 6 heteroatoms. The Bertz CT molecular complexity index is 783. The molecule has 1 atom stereocenters. The zero-order chi connectivity index (χ0) is 19.4. The van der Waals surface area contributed by atoms with Gasteiger partial charge in [-0.25, -0.2) is 4.68 Å². The van der Waals surface area contributed by atoms with E-state index in [4.69, 9.17) is 5.73 Å². The van der Waals surface area contributed by atoms with E-state index in [1.54, 1.807) is 6.20 Å². The molecule has 0 bridgehead atoms. The molecule has 0 radical (unpaired) electrons. The van der Waals surface area contributed by atoms with Crippen LogP contribution >= 0.6 is 0 Å². The Morgan fingerprint density at radius 1 is 1.41 bits per heavy atom. The maximum Gasteiger partial charge on any atom is 0.256 e. The number of likely N-dealkylation sites (tertiary alicyclic amines) is 1. The molecule has 0 saturated carbocycles. The van der Waals surface area contributed by atoms with Crippen LogP contribution < -0.4 is 11.1 Å². The first-order valence-electron chi connectivity index (χ1n) is 9.83. The summed E-state index contributed by atoms with van der Waals surface area (Å²) in [6.07, 6.45) is 4.04. The third-order valence-electron chi connectivity index (χ3n) is 4.93. The highest BCUT2D eigenvalue weighted by Crippen LogP contribution is 2.18. The van der Waals surface area contributed by atoms with Gasteiger partial charge in [0, 0.05) is 36.8 Å². The van der Waals surface area contributed by atoms with Crippen molar-refractivity contribution < 1.29 is 4.79 Å². The van der Waals surface area contributed by atoms with Crippen LogP contribution in [0, 0.1) is 12.8 Å². The van der Waals surface area contributed by atoms with Gasteiger partial charge < -0.3 is 11.1 Å². The zero-order valence-corrected chi connectivity index (χ0v) is 16.6. The average Bonchev–Trinajstić information content (AvgIpc) is 2.94. The predicted octanol–water partition coefficient (Wildman–Crippen LogP) is 3.02. The van der Waals surface area contributed by atoms with Crippen LogP contribution in [0.4, 0.5) is 5.82 Å². The molecule has 2 heterocycles. The van der Waals surface area contributed by atoms with Crippen molar-refractivity contribution in [2.75, 3.05) is 18.4 Å². The van der Waals surface area contributed by atoms with E-state index >= 15 is 0 Å². The summed E-state index contributed by atoms with van der Waals surface area (Å²) in [5, 5.41) is 7.43. The largest absolute Gasteiger partial charge is 0.327 e. The third-order valence-corrected chi connectivity index (χ3v) is 4.93. The Balaban J connectivity index is 1.70. The summed E-state index contributed by atoms with van der Waals surface area (Å²) in [6.45, 7) is 9.84. The molecule has 6 nitrogen and oxygen atoms in total. The second-order valence-corrected chi connectivity index (χ2v) is 8.04. The number of nitrogens with one attached hydrogen (secondary N) is 1. The Kier molecular flexibility index (Phi) is 6.29. The normalized spacial score (nSPS) is 18.0. The fourth-order valence-corrected chi connectivity index (χ4v) is 3.61. The molecule has 146 valence electrons. The molecule has 0 aliphatic carbocycles. The van der Waals surface area contributed by atoms with E-state index in [1.807, 2.05) is 29.8 Å². The molecule has 0 unspecified atom stereocenters. The lowest BCUT2D eigenvalue weighted by Gasteiger charge is -2.30. The number of hydrogen-bond donors (Lipinski definition) is 2. The molecular weight excluding hydrogens is 338 g/mol. The first-order valence-corrected chi connectivity index (χ1v) is 9.83. The zero-order valence-electron chi connectivity index (χ0n) is 16.6. The first kappa shape index (κ1) is 19.6. The lowest BCUT2D eigenvalue weighted by atomic mass is 10.0. The molecular formula is C21H31N5O. The van der Waals surface area contributed by atoms with Crippen molar-refractivity contribution in [3.63, 3.8) is 0 Å². The SMILES string of the molecule is Cc1cnn(CC(C)C)c1NC(=O)c1cccc(CN2CCC[C@H](N)C2)c1. The highest BCUT2D eigenvalue weighted by atomic mass is 16.1. The van der Waals surface area contributed by atoms with Gasteiger partial charge in [-0.1, -0.05) is 26.0 Å². The van der Waals surface area contributed by atoms with E-state index in [0.29, 0.717) is 11.5 Å². The number of carbonyl (C=O) groups is 1. The van der Waals surface area contributed by atoms with Gasteiger partial charge in [-0.2, -0.15) is 5.10 Å². The number of rotatable bonds is 6. The van der Waals surface area contributed by atoms with Gasteiger partial charge in [0.05, 0.1) is 6.20 Å². The number of benzene rings is 1. The average molecular weight is 370 g/mol. The Labute approximate surface area is 161 Å². The summed E-state index contributed by atoms with van der Waals surface area (Å²) >= 11 is 0. The van der Waals surface area contributed by atoms with Gasteiger partial charge in [0.1, 0.15) is 5.82 Å². The number of aryl methyl sites for hydroxylation is 1. The van der Waals surface area contributed by atoms with E-state index in [1.165, 1.54) is 0 Å². The van der Waals surface area contributed by atoms with Crippen LogP contribution in [-0.2, 0) is 13.1 Å². The topological polar surface area (TPSA) is 76.2 Å². The smallest absolute Gasteiger partial charge is 0.256 e. The number of nitrogens with two attached hydrogens (primary N) is 1. The van der Waals surface area contributed by atoms with Crippen LogP contribution in [0.5, 0.6) is 0 Å². The quantitative estimate of drug-likeness (QED) is 0.821. The van der Waals surface area contributed by atoms with Crippen LogP contribution in [0.25, 0.3) is 0 Å². The van der Waals surface area contributed by atoms with Gasteiger partial charge in [0.15, 0.2) is 0 Å². The summed E-state index contributed by atoms with van der Waals surface area (Å²) in [5.41, 5.74) is 8.87. The molecule has 2 aromatic rings. The van der Waals surface area contributed by atoms with Crippen LogP contribution in [0.15, 0.2) is 30.5 Å². The molecule has 1 aromatic heterocycles. The van der Waals surface area contributed by atoms with E-state index in [2.05, 4.69) is 35.2 Å². The van der Waals surface area contributed by atoms with Crippen molar-refractivity contribution in [1.82, 2.24) is 14.7 Å². The van der Waals surface area contributed by atoms with Crippen LogP contribution in [0.2, 0.25) is 0 Å². The lowest BCUT2D eigenvalue weighted by Crippen LogP contribution is -2.42. The Morgan fingerprint density at radius 2 is 2.22 bits per heavy atom. The van der Waals surface area contributed by atoms with Crippen molar-refractivity contribution in [2.45, 2.75) is 52.7 Å². The molecule has 1 saturated heterocycles. The van der Waals surface area contributed by atoms with Crippen molar-refractivity contribution >= 4 is 11.7 Å². The minimum Gasteiger partial charge on any atom is -0.327 e. The number of hydrogen-bond acceptors (Lipinski definition) is 4. The Morgan fingerprint density at radius 3 is 2.96 bits per heavy atom. The van der Waals surface area contributed by atoms with Crippen molar-refractivity contribution in [3.8, 4) is 0 Å². The molecule has 1 aliphatic heterocycles. The van der Waals surface area contributed by atoms with Crippen LogP contribution in [0.1, 0.15) is 48.2 Å². The third kappa shape index (κ3) is 5.17. The molecule has 1 fully saturated rings. The maximum absolute atomic E-state index is 12.8. The molecule has 27 heavy (non-hydrogen) atoms. The van der Waals surface area contributed by atoms with Gasteiger partial charge >= 0.3 is 0 Å². The monoisotopic (exact) mass is 369 g/mol. The van der Waals surface area contributed by atoms with E-state index < -0.39 is 0 Å². The lowest BCUT2D eigenvalue weighted by molar-refractivity contribution is 0.102. The number of aromatic nitrogens is 2. The minimum atomic E-state index is -0.0965. The highest BCUT2D eigenvalue weighted by Gasteiger charge is 2.18. The molecule has 3 rings (SSSR count). The van der Waals surface area contributed by atoms with E-state index in [9.17, 15) is 4.79 Å². The molecule has 1 aliphatic rings. The number of nitrogens with zero attached hydrogens (tertiary/aromatic N) is 3. The molecule has 1 amide bonds. The second kappa shape index (κ2) is 8.67. The minimum absolute atomic E-state index is 0.0965. The van der Waals surface area contributed by atoms with Crippen molar-refractivity contribution in [1.29, 1.82) is 0 Å². The van der Waals surface area contributed by atoms with Crippen LogP contribution in [0.3, 0.4) is 0 Å².